The van der Waals surface area contributed by atoms with E-state index in [1.54, 1.807) is 0 Å². The highest BCUT2D eigenvalue weighted by Gasteiger charge is 2.24. The van der Waals surface area contributed by atoms with E-state index in [4.69, 9.17) is 9.97 Å². The van der Waals surface area contributed by atoms with Gasteiger partial charge in [0.25, 0.3) is 0 Å². The molecule has 0 fully saturated rings. The predicted octanol–water partition coefficient (Wildman–Crippen LogP) is 14.7. The molecule has 0 aliphatic heterocycles. The molecule has 0 N–H and O–H groups in total. The highest BCUT2D eigenvalue weighted by molar-refractivity contribution is 6.13. The van der Waals surface area contributed by atoms with E-state index >= 15 is 0 Å². The summed E-state index contributed by atoms with van der Waals surface area (Å²) >= 11 is 0. The van der Waals surface area contributed by atoms with E-state index in [0.717, 1.165) is 94.5 Å². The summed E-state index contributed by atoms with van der Waals surface area (Å²) < 4.78 is 4.75. The molecule has 0 aliphatic carbocycles. The fourth-order valence-electron chi connectivity index (χ4n) is 9.52. The van der Waals surface area contributed by atoms with Crippen LogP contribution < -0.4 is 0 Å². The van der Waals surface area contributed by atoms with Crippen molar-refractivity contribution in [2.75, 3.05) is 0 Å². The molecule has 6 heteroatoms. The number of fused-ring (bicyclic) bond motifs is 6. The largest absolute Gasteiger partial charge is 0.309 e. The summed E-state index contributed by atoms with van der Waals surface area (Å²) in [7, 11) is 0. The molecule has 0 spiro atoms. The van der Waals surface area contributed by atoms with Crippen LogP contribution in [0.1, 0.15) is 11.1 Å². The van der Waals surface area contributed by atoms with Crippen molar-refractivity contribution in [3.8, 4) is 79.7 Å². The second kappa shape index (κ2) is 15.8. The Labute approximate surface area is 380 Å². The number of benzene rings is 9. The van der Waals surface area contributed by atoms with Crippen LogP contribution in [-0.4, -0.2) is 19.1 Å². The molecular weight excluding hydrogens is 805 g/mol. The third kappa shape index (κ3) is 6.41. The molecule has 66 heavy (non-hydrogen) atoms. The second-order valence-electron chi connectivity index (χ2n) is 16.4. The molecule has 9 aromatic carbocycles. The van der Waals surface area contributed by atoms with Crippen molar-refractivity contribution in [3.05, 3.63) is 230 Å². The molecule has 0 amide bonds. The maximum absolute atomic E-state index is 9.92. The van der Waals surface area contributed by atoms with E-state index in [-0.39, 0.29) is 0 Å². The number of rotatable bonds is 7. The van der Waals surface area contributed by atoms with Crippen molar-refractivity contribution in [1.29, 1.82) is 10.5 Å². The van der Waals surface area contributed by atoms with Crippen LogP contribution in [0.4, 0.5) is 0 Å². The number of hydrogen-bond acceptors (Lipinski definition) is 4. The smallest absolute Gasteiger partial charge is 0.160 e. The monoisotopic (exact) mass is 840 g/mol. The van der Waals surface area contributed by atoms with Crippen LogP contribution in [0.5, 0.6) is 0 Å². The Morgan fingerprint density at radius 2 is 0.773 bits per heavy atom. The Balaban J connectivity index is 1.18. The molecule has 0 saturated carbocycles. The Hall–Kier alpha value is -9.36. The van der Waals surface area contributed by atoms with Gasteiger partial charge in [-0.3, -0.25) is 0 Å². The van der Waals surface area contributed by atoms with E-state index < -0.39 is 0 Å². The maximum Gasteiger partial charge on any atom is 0.160 e. The molecule has 0 aliphatic rings. The fraction of sp³-hybridized carbons (Fsp3) is 0. The third-order valence-electron chi connectivity index (χ3n) is 12.6. The molecule has 12 rings (SSSR count). The Kier molecular flexibility index (Phi) is 9.16. The first kappa shape index (κ1) is 38.3. The molecule has 12 aromatic rings. The van der Waals surface area contributed by atoms with Gasteiger partial charge in [-0.05, 0) is 90.0 Å². The van der Waals surface area contributed by atoms with Crippen LogP contribution >= 0.6 is 0 Å². The summed E-state index contributed by atoms with van der Waals surface area (Å²) in [5, 5.41) is 24.5. The molecule has 306 valence electrons. The minimum atomic E-state index is 0.578. The molecule has 0 saturated heterocycles. The van der Waals surface area contributed by atoms with Crippen molar-refractivity contribution in [1.82, 2.24) is 19.1 Å². The number of nitrogens with zero attached hydrogens (tertiary/aromatic N) is 6. The molecule has 3 aromatic heterocycles. The van der Waals surface area contributed by atoms with E-state index in [0.29, 0.717) is 17.0 Å². The first-order chi connectivity index (χ1) is 32.6. The lowest BCUT2D eigenvalue weighted by molar-refractivity contribution is 1.16. The summed E-state index contributed by atoms with van der Waals surface area (Å²) in [5.74, 6) is 0.623. The first-order valence-corrected chi connectivity index (χ1v) is 21.8. The normalized spacial score (nSPS) is 11.3. The average molecular weight is 841 g/mol. The Morgan fingerprint density at radius 3 is 1.30 bits per heavy atom. The van der Waals surface area contributed by atoms with Crippen LogP contribution in [0.25, 0.3) is 111 Å². The van der Waals surface area contributed by atoms with Crippen molar-refractivity contribution in [2.24, 2.45) is 0 Å². The SMILES string of the molecule is N#Cc1ccc(-c2cc(-c3cc(-c4ccccc4)nc(-c4ccccc4)n3)cc(-c3ccc(C#N)cc3)c2-n2c3ccccc3c3cc(-n4c5ccccc5c5ccccc54)ccc32)cc1. The van der Waals surface area contributed by atoms with Crippen LogP contribution in [0.2, 0.25) is 0 Å². The predicted molar refractivity (Wildman–Crippen MR) is 267 cm³/mol. The van der Waals surface area contributed by atoms with Crippen LogP contribution in [0.15, 0.2) is 218 Å². The highest BCUT2D eigenvalue weighted by Crippen LogP contribution is 2.45. The minimum Gasteiger partial charge on any atom is -0.309 e. The van der Waals surface area contributed by atoms with Gasteiger partial charge in [0, 0.05) is 55.0 Å². The summed E-state index contributed by atoms with van der Waals surface area (Å²) in [6.45, 7) is 0. The van der Waals surface area contributed by atoms with Gasteiger partial charge >= 0.3 is 0 Å². The molecular formula is C60H36N6. The fourth-order valence-corrected chi connectivity index (χ4v) is 9.52. The molecule has 0 unspecified atom stereocenters. The van der Waals surface area contributed by atoms with Crippen LogP contribution in [0, 0.1) is 22.7 Å². The van der Waals surface area contributed by atoms with Crippen molar-refractivity contribution in [3.63, 3.8) is 0 Å². The quantitative estimate of drug-likeness (QED) is 0.160. The van der Waals surface area contributed by atoms with E-state index in [2.05, 4.69) is 143 Å². The van der Waals surface area contributed by atoms with E-state index in [9.17, 15) is 10.5 Å². The van der Waals surface area contributed by atoms with Gasteiger partial charge in [-0.2, -0.15) is 10.5 Å². The minimum absolute atomic E-state index is 0.578. The van der Waals surface area contributed by atoms with Gasteiger partial charge in [-0.1, -0.05) is 140 Å². The number of aromatic nitrogens is 4. The van der Waals surface area contributed by atoms with Gasteiger partial charge in [0.15, 0.2) is 5.82 Å². The Bertz CT molecular complexity index is 3740. The topological polar surface area (TPSA) is 83.2 Å². The van der Waals surface area contributed by atoms with Crippen LogP contribution in [0.3, 0.4) is 0 Å². The lowest BCUT2D eigenvalue weighted by Crippen LogP contribution is -2.03. The third-order valence-corrected chi connectivity index (χ3v) is 12.6. The highest BCUT2D eigenvalue weighted by atomic mass is 15.0. The first-order valence-electron chi connectivity index (χ1n) is 21.8. The van der Waals surface area contributed by atoms with Gasteiger partial charge in [-0.15, -0.1) is 0 Å². The summed E-state index contributed by atoms with van der Waals surface area (Å²) in [4.78, 5) is 10.4. The molecule has 6 nitrogen and oxygen atoms in total. The lowest BCUT2D eigenvalue weighted by atomic mass is 9.91. The van der Waals surface area contributed by atoms with Gasteiger partial charge in [0.2, 0.25) is 0 Å². The standard InChI is InChI=1S/C60H36N6/c61-37-39-23-27-41(28-24-39)50-33-45(54-36-53(43-13-3-1-4-14-43)63-60(64-54)44-15-5-2-6-16-44)34-51(42-29-25-40(38-62)26-30-42)59(50)66-57-22-12-9-19-49(57)52-35-46(31-32-58(52)66)65-55-20-10-7-17-47(55)48-18-8-11-21-56(48)65/h1-36H. The molecule has 0 radical (unpaired) electrons. The number of hydrogen-bond donors (Lipinski definition) is 0. The van der Waals surface area contributed by atoms with Crippen LogP contribution in [-0.2, 0) is 0 Å². The summed E-state index contributed by atoms with van der Waals surface area (Å²) in [5.41, 5.74) is 15.7. The molecule has 3 heterocycles. The zero-order chi connectivity index (χ0) is 44.1. The molecule has 0 atom stereocenters. The zero-order valence-corrected chi connectivity index (χ0v) is 35.5. The van der Waals surface area contributed by atoms with Crippen molar-refractivity contribution < 1.29 is 0 Å². The molecule has 0 bridgehead atoms. The summed E-state index contributed by atoms with van der Waals surface area (Å²) in [6.07, 6.45) is 0. The van der Waals surface area contributed by atoms with Crippen molar-refractivity contribution >= 4 is 43.6 Å². The number of nitriles is 2. The van der Waals surface area contributed by atoms with Crippen molar-refractivity contribution in [2.45, 2.75) is 0 Å². The number of para-hydroxylation sites is 3. The maximum atomic E-state index is 9.92. The van der Waals surface area contributed by atoms with Gasteiger partial charge < -0.3 is 9.13 Å². The van der Waals surface area contributed by atoms with Gasteiger partial charge in [-0.25, -0.2) is 9.97 Å². The average Bonchev–Trinajstić information content (AvgIpc) is 3.91. The van der Waals surface area contributed by atoms with Gasteiger partial charge in [0.05, 0.1) is 62.4 Å². The zero-order valence-electron chi connectivity index (χ0n) is 35.5. The van der Waals surface area contributed by atoms with Gasteiger partial charge in [0.1, 0.15) is 0 Å². The lowest BCUT2D eigenvalue weighted by Gasteiger charge is -2.21. The second-order valence-corrected chi connectivity index (χ2v) is 16.4. The summed E-state index contributed by atoms with van der Waals surface area (Å²) in [6, 6.07) is 79.7. The Morgan fingerprint density at radius 1 is 0.333 bits per heavy atom. The van der Waals surface area contributed by atoms with E-state index in [1.165, 1.54) is 10.8 Å². The van der Waals surface area contributed by atoms with E-state index in [1.807, 2.05) is 97.1 Å².